The van der Waals surface area contributed by atoms with Gasteiger partial charge in [0.15, 0.2) is 0 Å². The Bertz CT molecular complexity index is 2600. The third kappa shape index (κ3) is 12.8. The van der Waals surface area contributed by atoms with Crippen molar-refractivity contribution in [3.05, 3.63) is 58.2 Å². The number of hydrogen-bond donors (Lipinski definition) is 2. The van der Waals surface area contributed by atoms with Crippen LogP contribution in [-0.4, -0.2) is 161 Å². The first-order valence-electron chi connectivity index (χ1n) is 24.7. The molecule has 3 unspecified atom stereocenters. The minimum atomic E-state index is -0.973. The van der Waals surface area contributed by atoms with E-state index in [9.17, 15) is 24.0 Å². The van der Waals surface area contributed by atoms with Gasteiger partial charge in [-0.3, -0.25) is 34.1 Å². The molecule has 17 nitrogen and oxygen atoms in total. The summed E-state index contributed by atoms with van der Waals surface area (Å²) in [6.07, 6.45) is 4.00. The molecule has 6 rings (SSSR count). The van der Waals surface area contributed by atoms with Crippen LogP contribution in [0.1, 0.15) is 90.6 Å². The molecular weight excluding hydrogens is 921 g/mol. The minimum Gasteiger partial charge on any atom is -0.467 e. The summed E-state index contributed by atoms with van der Waals surface area (Å²) in [7, 11) is 7.11. The fraction of sp³-hybridized carbons (Fsp3) is 0.566. The number of fused-ring (bicyclic) bond motifs is 1. The van der Waals surface area contributed by atoms with Crippen LogP contribution in [0, 0.1) is 23.2 Å². The summed E-state index contributed by atoms with van der Waals surface area (Å²) in [5.41, 5.74) is 8.88. The van der Waals surface area contributed by atoms with Crippen LogP contribution in [0.4, 0.5) is 4.79 Å². The van der Waals surface area contributed by atoms with Gasteiger partial charge in [0, 0.05) is 105 Å². The lowest BCUT2D eigenvalue weighted by Crippen LogP contribution is -2.61. The Hall–Kier alpha value is -5.87. The predicted octanol–water partition coefficient (Wildman–Crippen LogP) is 6.01. The zero-order valence-corrected chi connectivity index (χ0v) is 44.6. The first-order valence-corrected chi connectivity index (χ1v) is 25.6. The minimum absolute atomic E-state index is 0.136. The zero-order valence-electron chi connectivity index (χ0n) is 43.8. The highest BCUT2D eigenvalue weighted by atomic mass is 32.1. The number of piperazine rings is 1. The van der Waals surface area contributed by atoms with Crippen LogP contribution in [0.2, 0.25) is 0 Å². The number of urea groups is 1. The van der Waals surface area contributed by atoms with E-state index < -0.39 is 28.9 Å². The van der Waals surface area contributed by atoms with Gasteiger partial charge in [-0.15, -0.1) is 11.3 Å². The molecule has 0 spiro atoms. The Morgan fingerprint density at radius 2 is 1.72 bits per heavy atom. The lowest BCUT2D eigenvalue weighted by molar-refractivity contribution is -0.141. The number of aromatic nitrogens is 3. The Kier molecular flexibility index (Phi) is 18.1. The van der Waals surface area contributed by atoms with E-state index in [0.717, 1.165) is 57.5 Å². The van der Waals surface area contributed by atoms with Crippen molar-refractivity contribution in [1.82, 2.24) is 49.9 Å². The Labute approximate surface area is 423 Å². The van der Waals surface area contributed by atoms with Gasteiger partial charge in [0.1, 0.15) is 12.1 Å². The molecule has 2 fully saturated rings. The number of thiazole rings is 1. The van der Waals surface area contributed by atoms with Gasteiger partial charge < -0.3 is 34.1 Å². The number of rotatable bonds is 18. The number of hydrogen-bond acceptors (Lipinski definition) is 12. The molecule has 0 bridgehead atoms. The molecule has 2 aliphatic heterocycles. The monoisotopic (exact) mass is 995 g/mol. The van der Waals surface area contributed by atoms with Crippen LogP contribution < -0.4 is 10.7 Å². The van der Waals surface area contributed by atoms with E-state index in [4.69, 9.17) is 19.4 Å². The largest absolute Gasteiger partial charge is 0.467 e. The number of nitrogens with one attached hydrogen (secondary N) is 2. The first kappa shape index (κ1) is 54.5. The Morgan fingerprint density at radius 3 is 2.35 bits per heavy atom. The first-order chi connectivity index (χ1) is 33.7. The molecule has 18 heteroatoms. The smallest absolute Gasteiger partial charge is 0.320 e. The van der Waals surface area contributed by atoms with Crippen molar-refractivity contribution < 1.29 is 33.4 Å². The number of carbonyl (C=O) groups is 5. The number of pyridine rings is 1. The van der Waals surface area contributed by atoms with Crippen molar-refractivity contribution in [3.63, 3.8) is 0 Å². The normalized spacial score (nSPS) is 15.8. The van der Waals surface area contributed by atoms with E-state index in [1.54, 1.807) is 35.2 Å². The van der Waals surface area contributed by atoms with Gasteiger partial charge in [-0.2, -0.15) is 0 Å². The van der Waals surface area contributed by atoms with Gasteiger partial charge in [-0.25, -0.2) is 15.2 Å². The lowest BCUT2D eigenvalue weighted by Gasteiger charge is -2.39. The van der Waals surface area contributed by atoms with Crippen molar-refractivity contribution in [1.29, 1.82) is 0 Å². The number of methoxy groups -OCH3 is 1. The highest BCUT2D eigenvalue weighted by Crippen LogP contribution is 2.42. The van der Waals surface area contributed by atoms with E-state index in [0.29, 0.717) is 63.7 Å². The second-order valence-corrected chi connectivity index (χ2v) is 21.4. The average Bonchev–Trinajstić information content (AvgIpc) is 3.95. The third-order valence-corrected chi connectivity index (χ3v) is 14.7. The third-order valence-electron chi connectivity index (χ3n) is 13.8. The van der Waals surface area contributed by atoms with Crippen LogP contribution >= 0.6 is 11.3 Å². The highest BCUT2D eigenvalue weighted by Gasteiger charge is 2.37. The summed E-state index contributed by atoms with van der Waals surface area (Å²) in [5.74, 6) is 4.53. The molecule has 71 heavy (non-hydrogen) atoms. The van der Waals surface area contributed by atoms with Crippen LogP contribution in [0.5, 0.6) is 0 Å². The van der Waals surface area contributed by atoms with Crippen molar-refractivity contribution in [2.75, 3.05) is 74.1 Å². The molecule has 0 radical (unpaired) electrons. The number of carbonyl (C=O) groups excluding carboxylic acids is 5. The van der Waals surface area contributed by atoms with Crippen LogP contribution in [0.25, 0.3) is 33.4 Å². The highest BCUT2D eigenvalue weighted by molar-refractivity contribution is 7.10. The second kappa shape index (κ2) is 23.6. The molecule has 5 heterocycles. The van der Waals surface area contributed by atoms with E-state index in [2.05, 4.69) is 72.2 Å². The van der Waals surface area contributed by atoms with Gasteiger partial charge >= 0.3 is 6.03 Å². The number of amides is 5. The predicted molar refractivity (Wildman–Crippen MR) is 277 cm³/mol. The summed E-state index contributed by atoms with van der Waals surface area (Å²) in [6, 6.07) is 8.16. The molecule has 5 amide bonds. The maximum Gasteiger partial charge on any atom is 0.320 e. The molecule has 3 atom stereocenters. The number of benzene rings is 1. The maximum atomic E-state index is 14.5. The maximum absolute atomic E-state index is 14.5. The van der Waals surface area contributed by atoms with Crippen LogP contribution in [-0.2, 0) is 48.0 Å². The molecule has 0 aliphatic carbocycles. The molecule has 1 aromatic carbocycles. The molecular formula is C53H74N10O7S. The number of likely N-dealkylation sites (N-methyl/N-ethyl adjacent to an activating group) is 1. The Balaban J connectivity index is 1.27. The van der Waals surface area contributed by atoms with Crippen molar-refractivity contribution in [2.24, 2.45) is 11.3 Å². The van der Waals surface area contributed by atoms with Gasteiger partial charge in [-0.1, -0.05) is 39.7 Å². The summed E-state index contributed by atoms with van der Waals surface area (Å²) in [4.78, 5) is 83.8. The molecule has 2 aliphatic rings. The second-order valence-electron chi connectivity index (χ2n) is 20.4. The van der Waals surface area contributed by atoms with Crippen LogP contribution in [0.15, 0.2) is 41.9 Å². The van der Waals surface area contributed by atoms with Crippen molar-refractivity contribution >= 4 is 52.5 Å². The lowest BCUT2D eigenvalue weighted by atomic mass is 9.84. The summed E-state index contributed by atoms with van der Waals surface area (Å²) in [6.45, 7) is 19.7. The van der Waals surface area contributed by atoms with Gasteiger partial charge in [-0.05, 0) is 103 Å². The summed E-state index contributed by atoms with van der Waals surface area (Å²) in [5, 5.41) is 8.33. The number of aryl methyl sites for hydroxylation is 1. The quantitative estimate of drug-likeness (QED) is 0.0883. The molecule has 0 saturated carbocycles. The molecule has 2 saturated heterocycles. The van der Waals surface area contributed by atoms with E-state index in [1.165, 1.54) is 16.2 Å². The molecule has 384 valence electrons. The number of hydrazine groups is 1. The fourth-order valence-corrected chi connectivity index (χ4v) is 10.1. The summed E-state index contributed by atoms with van der Waals surface area (Å²) >= 11 is 1.42. The number of nitrogens with zero attached hydrogens (tertiary/aromatic N) is 8. The van der Waals surface area contributed by atoms with Crippen LogP contribution in [0.3, 0.4) is 0 Å². The summed E-state index contributed by atoms with van der Waals surface area (Å²) < 4.78 is 13.4. The number of ether oxygens (including phenoxy) is 2. The molecule has 4 aromatic rings. The van der Waals surface area contributed by atoms with Crippen molar-refractivity contribution in [2.45, 2.75) is 111 Å². The zero-order chi connectivity index (χ0) is 51.8. The Morgan fingerprint density at radius 1 is 1.00 bits per heavy atom. The van der Waals surface area contributed by atoms with E-state index >= 15 is 0 Å². The van der Waals surface area contributed by atoms with Gasteiger partial charge in [0.2, 0.25) is 5.91 Å². The topological polar surface area (TPSA) is 175 Å². The average molecular weight is 995 g/mol. The molecule has 2 N–H and O–H groups in total. The van der Waals surface area contributed by atoms with Gasteiger partial charge in [0.05, 0.1) is 40.3 Å². The SMILES string of the molecule is CCn1c(-c2cccnc2C(C)OC)c(CC(C)(C)COC=O)c2cc(-c3csc(CC(NC(=O)C(C(C)C)N(C)C(=O)N4CCN(C(=O)C#CC(C)(C)N(C)C)CC4)C(=O)N4CCCCN4)n3)ccc21. The van der Waals surface area contributed by atoms with E-state index in [-0.39, 0.29) is 42.9 Å². The molecule has 3 aromatic heterocycles. The standard InChI is InChI=1S/C53H74N10O7S/c1-13-62-43-19-18-37(29-39(43)40(31-52(5,6)33-70-34-64)48(62)38-17-16-22-54-46(38)36(4)69-12)42-32-71-44(56-42)30-41(50(67)63-24-15-14-23-55-63)57-49(66)47(35(2)3)59(11)51(68)61-27-25-60(26-28-61)45(65)20-21-53(7,8)58(9)10/h16-19,22,29,32,34-36,41,47,55H,13-15,23-28,30-31,33H2,1-12H3,(H,57,66). The van der Waals surface area contributed by atoms with Gasteiger partial charge in [0.25, 0.3) is 18.3 Å². The van der Waals surface area contributed by atoms with Crippen molar-refractivity contribution in [3.8, 4) is 34.4 Å². The van der Waals surface area contributed by atoms with E-state index in [1.807, 2.05) is 65.1 Å². The fourth-order valence-electron chi connectivity index (χ4n) is 9.24.